The average molecular weight is 358 g/mol. The summed E-state index contributed by atoms with van der Waals surface area (Å²) in [6.45, 7) is 3.79. The molecule has 1 aromatic rings. The molecule has 1 saturated carbocycles. The van der Waals surface area contributed by atoms with Gasteiger partial charge in [0.05, 0.1) is 0 Å². The molecule has 3 fully saturated rings. The SMILES string of the molecule is C[C@H]1C2CC(OC(=O)Nc3ccc4c(c3)OCO4)C(C2)[C@H]2CCCCN21. The van der Waals surface area contributed by atoms with Crippen molar-refractivity contribution in [2.45, 2.75) is 57.2 Å². The standard InChI is InChI=1S/C20H26N2O4/c1-12-13-8-15(16-4-2-3-7-22(12)16)18(9-13)26-20(23)21-14-5-6-17-19(10-14)25-11-24-17/h5-6,10,12-13,15-16,18H,2-4,7-9,11H2,1H3,(H,21,23)/t12-,13?,15?,16+,18?/m0/s1. The zero-order valence-corrected chi connectivity index (χ0v) is 15.1. The molecule has 0 radical (unpaired) electrons. The Morgan fingerprint density at radius 2 is 2.12 bits per heavy atom. The molecule has 3 heterocycles. The van der Waals surface area contributed by atoms with Crippen molar-refractivity contribution in [3.05, 3.63) is 18.2 Å². The Morgan fingerprint density at radius 1 is 1.23 bits per heavy atom. The first kappa shape index (κ1) is 16.2. The Bertz CT molecular complexity index is 709. The summed E-state index contributed by atoms with van der Waals surface area (Å²) in [4.78, 5) is 15.2. The minimum atomic E-state index is -0.364. The predicted molar refractivity (Wildman–Crippen MR) is 96.5 cm³/mol. The molecule has 6 heteroatoms. The van der Waals surface area contributed by atoms with E-state index in [0.29, 0.717) is 41.1 Å². The molecular weight excluding hydrogens is 332 g/mol. The second kappa shape index (κ2) is 6.34. The van der Waals surface area contributed by atoms with E-state index in [1.54, 1.807) is 6.07 Å². The molecule has 2 bridgehead atoms. The topological polar surface area (TPSA) is 60.0 Å². The van der Waals surface area contributed by atoms with Crippen LogP contribution in [0.25, 0.3) is 0 Å². The highest BCUT2D eigenvalue weighted by molar-refractivity contribution is 5.85. The number of rotatable bonds is 2. The van der Waals surface area contributed by atoms with Gasteiger partial charge in [-0.3, -0.25) is 10.2 Å². The summed E-state index contributed by atoms with van der Waals surface area (Å²) < 4.78 is 16.6. The van der Waals surface area contributed by atoms with Gasteiger partial charge in [0.15, 0.2) is 11.5 Å². The van der Waals surface area contributed by atoms with Crippen LogP contribution in [0.15, 0.2) is 18.2 Å². The van der Waals surface area contributed by atoms with Gasteiger partial charge in [0.1, 0.15) is 6.10 Å². The van der Waals surface area contributed by atoms with Gasteiger partial charge in [-0.15, -0.1) is 0 Å². The second-order valence-electron chi connectivity index (χ2n) is 8.07. The van der Waals surface area contributed by atoms with Crippen molar-refractivity contribution in [3.63, 3.8) is 0 Å². The van der Waals surface area contributed by atoms with Crippen LogP contribution in [-0.2, 0) is 4.74 Å². The van der Waals surface area contributed by atoms with E-state index >= 15 is 0 Å². The van der Waals surface area contributed by atoms with Crippen LogP contribution in [0.2, 0.25) is 0 Å². The van der Waals surface area contributed by atoms with Crippen molar-refractivity contribution in [2.24, 2.45) is 11.8 Å². The molecule has 3 aliphatic heterocycles. The normalized spacial score (nSPS) is 35.0. The molecule has 2 saturated heterocycles. The fraction of sp³-hybridized carbons (Fsp3) is 0.650. The van der Waals surface area contributed by atoms with Gasteiger partial charge < -0.3 is 14.2 Å². The molecule has 5 atom stereocenters. The fourth-order valence-electron chi connectivity index (χ4n) is 5.48. The maximum atomic E-state index is 12.5. The lowest BCUT2D eigenvalue weighted by Gasteiger charge is -2.47. The molecule has 140 valence electrons. The van der Waals surface area contributed by atoms with Crippen molar-refractivity contribution in [2.75, 3.05) is 18.7 Å². The van der Waals surface area contributed by atoms with Gasteiger partial charge in [-0.25, -0.2) is 4.79 Å². The average Bonchev–Trinajstić information content (AvgIpc) is 3.25. The highest BCUT2D eigenvalue weighted by Crippen LogP contribution is 2.48. The molecule has 1 aliphatic carbocycles. The highest BCUT2D eigenvalue weighted by Gasteiger charge is 2.51. The maximum Gasteiger partial charge on any atom is 0.411 e. The van der Waals surface area contributed by atoms with Crippen molar-refractivity contribution in [3.8, 4) is 11.5 Å². The number of anilines is 1. The van der Waals surface area contributed by atoms with Crippen molar-refractivity contribution >= 4 is 11.8 Å². The first-order valence-electron chi connectivity index (χ1n) is 9.82. The van der Waals surface area contributed by atoms with Crippen LogP contribution in [0.3, 0.4) is 0 Å². The number of piperidine rings is 2. The molecule has 0 aromatic heterocycles. The van der Waals surface area contributed by atoms with E-state index in [1.807, 2.05) is 12.1 Å². The van der Waals surface area contributed by atoms with Crippen LogP contribution in [0.5, 0.6) is 11.5 Å². The van der Waals surface area contributed by atoms with Crippen LogP contribution < -0.4 is 14.8 Å². The number of carbonyl (C=O) groups is 1. The number of amides is 1. The number of hydrogen-bond acceptors (Lipinski definition) is 5. The summed E-state index contributed by atoms with van der Waals surface area (Å²) in [6.07, 6.45) is 5.70. The quantitative estimate of drug-likeness (QED) is 0.875. The summed E-state index contributed by atoms with van der Waals surface area (Å²) in [5.41, 5.74) is 0.674. The molecule has 26 heavy (non-hydrogen) atoms. The molecule has 0 spiro atoms. The van der Waals surface area contributed by atoms with E-state index in [9.17, 15) is 4.79 Å². The smallest absolute Gasteiger partial charge is 0.411 e. The third kappa shape index (κ3) is 2.71. The third-order valence-electron chi connectivity index (χ3n) is 6.76. The van der Waals surface area contributed by atoms with Crippen molar-refractivity contribution < 1.29 is 19.0 Å². The Hall–Kier alpha value is -1.95. The van der Waals surface area contributed by atoms with Gasteiger partial charge in [-0.1, -0.05) is 6.42 Å². The third-order valence-corrected chi connectivity index (χ3v) is 6.76. The summed E-state index contributed by atoms with van der Waals surface area (Å²) in [5.74, 6) is 2.50. The Kier molecular flexibility index (Phi) is 3.96. The lowest BCUT2D eigenvalue weighted by Crippen LogP contribution is -2.54. The fourth-order valence-corrected chi connectivity index (χ4v) is 5.48. The maximum absolute atomic E-state index is 12.5. The van der Waals surface area contributed by atoms with Gasteiger partial charge in [0.25, 0.3) is 0 Å². The Morgan fingerprint density at radius 3 is 3.04 bits per heavy atom. The Balaban J connectivity index is 1.25. The zero-order valence-electron chi connectivity index (χ0n) is 15.1. The van der Waals surface area contributed by atoms with Crippen molar-refractivity contribution in [1.29, 1.82) is 0 Å². The summed E-state index contributed by atoms with van der Waals surface area (Å²) in [5, 5.41) is 2.85. The van der Waals surface area contributed by atoms with Crippen LogP contribution in [-0.4, -0.2) is 42.5 Å². The predicted octanol–water partition coefficient (Wildman–Crippen LogP) is 3.62. The zero-order chi connectivity index (χ0) is 17.7. The first-order chi connectivity index (χ1) is 12.7. The first-order valence-corrected chi connectivity index (χ1v) is 9.82. The molecule has 5 rings (SSSR count). The minimum absolute atomic E-state index is 0.0320. The number of nitrogens with one attached hydrogen (secondary N) is 1. The molecule has 1 amide bonds. The molecular formula is C20H26N2O4. The van der Waals surface area contributed by atoms with E-state index in [-0.39, 0.29) is 19.0 Å². The molecule has 6 nitrogen and oxygen atoms in total. The Labute approximate surface area is 153 Å². The van der Waals surface area contributed by atoms with Crippen LogP contribution in [0.4, 0.5) is 10.5 Å². The summed E-state index contributed by atoms with van der Waals surface area (Å²) in [7, 11) is 0. The van der Waals surface area contributed by atoms with E-state index in [4.69, 9.17) is 14.2 Å². The second-order valence-corrected chi connectivity index (χ2v) is 8.07. The molecule has 1 N–H and O–H groups in total. The van der Waals surface area contributed by atoms with Crippen LogP contribution >= 0.6 is 0 Å². The molecule has 4 aliphatic rings. The molecule has 1 aromatic carbocycles. The number of benzene rings is 1. The molecule has 3 unspecified atom stereocenters. The van der Waals surface area contributed by atoms with Gasteiger partial charge >= 0.3 is 6.09 Å². The van der Waals surface area contributed by atoms with Gasteiger partial charge in [0, 0.05) is 29.8 Å². The number of hydrogen-bond donors (Lipinski definition) is 1. The highest BCUT2D eigenvalue weighted by atomic mass is 16.7. The summed E-state index contributed by atoms with van der Waals surface area (Å²) in [6, 6.07) is 6.60. The van der Waals surface area contributed by atoms with Gasteiger partial charge in [0.2, 0.25) is 6.79 Å². The van der Waals surface area contributed by atoms with Gasteiger partial charge in [-0.2, -0.15) is 0 Å². The summed E-state index contributed by atoms with van der Waals surface area (Å²) >= 11 is 0. The van der Waals surface area contributed by atoms with Gasteiger partial charge in [-0.05, 0) is 57.2 Å². The number of carbonyl (C=O) groups excluding carboxylic acids is 1. The lowest BCUT2D eigenvalue weighted by atomic mass is 9.81. The monoisotopic (exact) mass is 358 g/mol. The van der Waals surface area contributed by atoms with Crippen LogP contribution in [0, 0.1) is 11.8 Å². The van der Waals surface area contributed by atoms with E-state index in [1.165, 1.54) is 32.2 Å². The lowest BCUT2D eigenvalue weighted by molar-refractivity contribution is -0.00871. The van der Waals surface area contributed by atoms with Crippen molar-refractivity contribution in [1.82, 2.24) is 4.90 Å². The van der Waals surface area contributed by atoms with E-state index < -0.39 is 0 Å². The number of ether oxygens (including phenoxy) is 3. The minimum Gasteiger partial charge on any atom is -0.454 e. The van der Waals surface area contributed by atoms with E-state index in [2.05, 4.69) is 17.1 Å². The van der Waals surface area contributed by atoms with Crippen LogP contribution in [0.1, 0.15) is 39.0 Å². The number of fused-ring (bicyclic) bond motifs is 5. The largest absolute Gasteiger partial charge is 0.454 e. The number of nitrogens with zero attached hydrogens (tertiary/aromatic N) is 1. The van der Waals surface area contributed by atoms with E-state index in [0.717, 1.165) is 6.42 Å².